The van der Waals surface area contributed by atoms with Crippen molar-refractivity contribution in [2.24, 2.45) is 5.10 Å². The summed E-state index contributed by atoms with van der Waals surface area (Å²) in [5.41, 5.74) is 6.84. The third-order valence-corrected chi connectivity index (χ3v) is 4.61. The molecule has 0 aliphatic heterocycles. The molecule has 0 saturated carbocycles. The zero-order chi connectivity index (χ0) is 20.2. The molecule has 4 aromatic rings. The van der Waals surface area contributed by atoms with Crippen molar-refractivity contribution in [2.45, 2.75) is 6.54 Å². The van der Waals surface area contributed by atoms with Gasteiger partial charge in [0.2, 0.25) is 0 Å². The van der Waals surface area contributed by atoms with E-state index in [-0.39, 0.29) is 11.4 Å². The number of carboxylic acid groups (broad SMARTS) is 1. The molecule has 144 valence electrons. The van der Waals surface area contributed by atoms with Crippen LogP contribution in [0.5, 0.6) is 0 Å². The first-order chi connectivity index (χ1) is 14.1. The van der Waals surface area contributed by atoms with Crippen LogP contribution in [0.15, 0.2) is 84.1 Å². The lowest BCUT2D eigenvalue weighted by Gasteiger charge is -2.05. The molecular weight excluding hydrogens is 369 g/mol. The number of anilines is 1. The van der Waals surface area contributed by atoms with E-state index in [0.29, 0.717) is 12.2 Å². The number of carboxylic acids is 1. The van der Waals surface area contributed by atoms with Crippen molar-refractivity contribution in [3.8, 4) is 0 Å². The Hall–Kier alpha value is -3.93. The maximum Gasteiger partial charge on any atom is 0.335 e. The lowest BCUT2D eigenvalue weighted by atomic mass is 10.2. The molecule has 0 unspecified atom stereocenters. The standard InChI is InChI=1S/C23H18FN3O2/c24-19-9-5-16(6-10-19)14-27-15-18(21-3-1-2-4-22(21)27)13-25-26-20-11-7-17(8-12-20)23(28)29/h1-13,15,26H,14H2,(H,28,29). The highest BCUT2D eigenvalue weighted by atomic mass is 19.1. The van der Waals surface area contributed by atoms with E-state index in [4.69, 9.17) is 5.11 Å². The molecule has 0 aliphatic rings. The number of nitrogens with zero attached hydrogens (tertiary/aromatic N) is 2. The van der Waals surface area contributed by atoms with Crippen LogP contribution in [0.25, 0.3) is 10.9 Å². The number of para-hydroxylation sites is 1. The van der Waals surface area contributed by atoms with E-state index in [9.17, 15) is 9.18 Å². The van der Waals surface area contributed by atoms with Crippen molar-refractivity contribution in [2.75, 3.05) is 5.43 Å². The number of hydrazone groups is 1. The van der Waals surface area contributed by atoms with Crippen LogP contribution in [-0.4, -0.2) is 21.9 Å². The average Bonchev–Trinajstić information content (AvgIpc) is 3.08. The fourth-order valence-electron chi connectivity index (χ4n) is 3.16. The van der Waals surface area contributed by atoms with Crippen LogP contribution in [0.1, 0.15) is 21.5 Å². The van der Waals surface area contributed by atoms with Gasteiger partial charge in [-0.25, -0.2) is 9.18 Å². The molecule has 29 heavy (non-hydrogen) atoms. The first-order valence-corrected chi connectivity index (χ1v) is 9.05. The molecule has 2 N–H and O–H groups in total. The van der Waals surface area contributed by atoms with Gasteiger partial charge in [-0.15, -0.1) is 0 Å². The zero-order valence-electron chi connectivity index (χ0n) is 15.4. The summed E-state index contributed by atoms with van der Waals surface area (Å²) in [5, 5.41) is 14.3. The van der Waals surface area contributed by atoms with Crippen LogP contribution >= 0.6 is 0 Å². The SMILES string of the molecule is O=C(O)c1ccc(NN=Cc2cn(Cc3ccc(F)cc3)c3ccccc23)cc1. The summed E-state index contributed by atoms with van der Waals surface area (Å²) < 4.78 is 15.3. The van der Waals surface area contributed by atoms with Crippen LogP contribution < -0.4 is 5.43 Å². The summed E-state index contributed by atoms with van der Waals surface area (Å²) in [4.78, 5) is 10.9. The molecule has 0 amide bonds. The second-order valence-corrected chi connectivity index (χ2v) is 6.61. The normalized spacial score (nSPS) is 11.2. The lowest BCUT2D eigenvalue weighted by Crippen LogP contribution is -1.98. The Morgan fingerprint density at radius 3 is 2.48 bits per heavy atom. The number of aromatic nitrogens is 1. The Morgan fingerprint density at radius 2 is 1.76 bits per heavy atom. The molecule has 0 bridgehead atoms. The second-order valence-electron chi connectivity index (χ2n) is 6.61. The number of halogens is 1. The van der Waals surface area contributed by atoms with E-state index >= 15 is 0 Å². The van der Waals surface area contributed by atoms with Gasteiger partial charge in [0, 0.05) is 29.2 Å². The van der Waals surface area contributed by atoms with E-state index in [1.54, 1.807) is 30.5 Å². The van der Waals surface area contributed by atoms with Crippen molar-refractivity contribution < 1.29 is 14.3 Å². The van der Waals surface area contributed by atoms with Crippen LogP contribution in [0.3, 0.4) is 0 Å². The van der Waals surface area contributed by atoms with E-state index < -0.39 is 5.97 Å². The summed E-state index contributed by atoms with van der Waals surface area (Å²) in [5.74, 6) is -1.21. The molecule has 0 aliphatic carbocycles. The van der Waals surface area contributed by atoms with E-state index in [0.717, 1.165) is 22.0 Å². The highest BCUT2D eigenvalue weighted by molar-refractivity contribution is 5.99. The molecule has 6 heteroatoms. The molecule has 1 heterocycles. The Balaban J connectivity index is 1.56. The Bertz CT molecular complexity index is 1180. The summed E-state index contributed by atoms with van der Waals surface area (Å²) in [6.45, 7) is 0.624. The van der Waals surface area contributed by atoms with Gasteiger partial charge < -0.3 is 9.67 Å². The number of rotatable bonds is 6. The zero-order valence-corrected chi connectivity index (χ0v) is 15.4. The fraction of sp³-hybridized carbons (Fsp3) is 0.0435. The fourth-order valence-corrected chi connectivity index (χ4v) is 3.16. The number of fused-ring (bicyclic) bond motifs is 1. The van der Waals surface area contributed by atoms with Gasteiger partial charge in [0.1, 0.15) is 5.82 Å². The predicted octanol–water partition coefficient (Wildman–Crippen LogP) is 4.97. The first-order valence-electron chi connectivity index (χ1n) is 9.05. The van der Waals surface area contributed by atoms with Crippen LogP contribution in [0.2, 0.25) is 0 Å². The van der Waals surface area contributed by atoms with Crippen molar-refractivity contribution in [3.63, 3.8) is 0 Å². The van der Waals surface area contributed by atoms with Crippen molar-refractivity contribution in [1.82, 2.24) is 4.57 Å². The quantitative estimate of drug-likeness (QED) is 0.362. The maximum atomic E-state index is 13.2. The molecule has 4 rings (SSSR count). The Morgan fingerprint density at radius 1 is 1.03 bits per heavy atom. The second kappa shape index (κ2) is 7.98. The van der Waals surface area contributed by atoms with Gasteiger partial charge in [-0.2, -0.15) is 5.10 Å². The molecule has 5 nitrogen and oxygen atoms in total. The van der Waals surface area contributed by atoms with Gasteiger partial charge >= 0.3 is 5.97 Å². The van der Waals surface area contributed by atoms with Gasteiger partial charge in [0.25, 0.3) is 0 Å². The summed E-state index contributed by atoms with van der Waals surface area (Å²) in [6, 6.07) is 20.9. The van der Waals surface area contributed by atoms with E-state index in [1.807, 2.05) is 30.5 Å². The minimum absolute atomic E-state index is 0.225. The minimum atomic E-state index is -0.964. The topological polar surface area (TPSA) is 66.6 Å². The minimum Gasteiger partial charge on any atom is -0.478 e. The third-order valence-electron chi connectivity index (χ3n) is 4.61. The molecule has 0 fully saturated rings. The molecular formula is C23H18FN3O2. The third kappa shape index (κ3) is 4.16. The van der Waals surface area contributed by atoms with E-state index in [2.05, 4.69) is 15.1 Å². The van der Waals surface area contributed by atoms with Gasteiger partial charge in [-0.3, -0.25) is 5.43 Å². The first kappa shape index (κ1) is 18.4. The number of carbonyl (C=O) groups is 1. The van der Waals surface area contributed by atoms with Crippen molar-refractivity contribution in [1.29, 1.82) is 0 Å². The highest BCUT2D eigenvalue weighted by Gasteiger charge is 2.07. The van der Waals surface area contributed by atoms with Gasteiger partial charge in [-0.05, 0) is 48.0 Å². The van der Waals surface area contributed by atoms with E-state index in [1.165, 1.54) is 24.3 Å². The molecule has 3 aromatic carbocycles. The van der Waals surface area contributed by atoms with Gasteiger partial charge in [-0.1, -0.05) is 30.3 Å². The molecule has 0 atom stereocenters. The Labute approximate surface area is 166 Å². The maximum absolute atomic E-state index is 13.2. The molecule has 1 aromatic heterocycles. The van der Waals surface area contributed by atoms with Crippen LogP contribution in [0.4, 0.5) is 10.1 Å². The lowest BCUT2D eigenvalue weighted by molar-refractivity contribution is 0.0697. The number of aromatic carboxylic acids is 1. The summed E-state index contributed by atoms with van der Waals surface area (Å²) in [6.07, 6.45) is 3.74. The molecule has 0 radical (unpaired) electrons. The van der Waals surface area contributed by atoms with Gasteiger partial charge in [0.15, 0.2) is 0 Å². The average molecular weight is 387 g/mol. The monoisotopic (exact) mass is 387 g/mol. The van der Waals surface area contributed by atoms with Crippen molar-refractivity contribution in [3.05, 3.63) is 102 Å². The number of hydrogen-bond acceptors (Lipinski definition) is 3. The molecule has 0 saturated heterocycles. The summed E-state index contributed by atoms with van der Waals surface area (Å²) >= 11 is 0. The molecule has 0 spiro atoms. The number of benzene rings is 3. The van der Waals surface area contributed by atoms with Crippen LogP contribution in [-0.2, 0) is 6.54 Å². The summed E-state index contributed by atoms with van der Waals surface area (Å²) in [7, 11) is 0. The largest absolute Gasteiger partial charge is 0.478 e. The predicted molar refractivity (Wildman–Crippen MR) is 112 cm³/mol. The highest BCUT2D eigenvalue weighted by Crippen LogP contribution is 2.21. The van der Waals surface area contributed by atoms with Crippen molar-refractivity contribution >= 4 is 28.8 Å². The Kier molecular flexibility index (Phi) is 5.07. The smallest absolute Gasteiger partial charge is 0.335 e. The van der Waals surface area contributed by atoms with Crippen LogP contribution in [0, 0.1) is 5.82 Å². The number of nitrogens with one attached hydrogen (secondary N) is 1. The number of hydrogen-bond donors (Lipinski definition) is 2. The van der Waals surface area contributed by atoms with Gasteiger partial charge in [0.05, 0.1) is 17.5 Å².